The number of allylic oxidation sites excluding steroid dienone is 1. The fourth-order valence-electron chi connectivity index (χ4n) is 1.55. The molecule has 0 aromatic heterocycles. The van der Waals surface area contributed by atoms with Crippen molar-refractivity contribution in [2.45, 2.75) is 38.6 Å². The molecule has 0 atom stereocenters. The van der Waals surface area contributed by atoms with Gasteiger partial charge in [-0.25, -0.2) is 0 Å². The maximum atomic E-state index is 3.93. The fourth-order valence-corrected chi connectivity index (χ4v) is 2.57. The summed E-state index contributed by atoms with van der Waals surface area (Å²) in [4.78, 5) is 1.35. The zero-order valence-electron chi connectivity index (χ0n) is 11.8. The third-order valence-corrected chi connectivity index (χ3v) is 3.62. The first kappa shape index (κ1) is 15.3. The fraction of sp³-hybridized carbons (Fsp3) is 0.500. The van der Waals surface area contributed by atoms with Gasteiger partial charge in [-0.1, -0.05) is 31.6 Å². The summed E-state index contributed by atoms with van der Waals surface area (Å²) in [6.45, 7) is 12.5. The van der Waals surface area contributed by atoms with E-state index in [9.17, 15) is 0 Å². The molecular formula is C16H25NS. The summed E-state index contributed by atoms with van der Waals surface area (Å²) in [7, 11) is 0. The predicted octanol–water partition coefficient (Wildman–Crippen LogP) is 4.49. The lowest BCUT2D eigenvalue weighted by molar-refractivity contribution is 0.552. The van der Waals surface area contributed by atoms with E-state index in [1.54, 1.807) is 0 Å². The molecule has 0 amide bonds. The quantitative estimate of drug-likeness (QED) is 0.548. The number of rotatable bonds is 8. The summed E-state index contributed by atoms with van der Waals surface area (Å²) in [6.07, 6.45) is 1.10. The molecule has 0 saturated heterocycles. The summed E-state index contributed by atoms with van der Waals surface area (Å²) in [5.74, 6) is 1.84. The van der Waals surface area contributed by atoms with Gasteiger partial charge in [0.05, 0.1) is 0 Å². The average molecular weight is 263 g/mol. The molecule has 0 radical (unpaired) electrons. The van der Waals surface area contributed by atoms with E-state index in [4.69, 9.17) is 0 Å². The maximum absolute atomic E-state index is 3.93. The molecule has 18 heavy (non-hydrogen) atoms. The summed E-state index contributed by atoms with van der Waals surface area (Å²) in [6, 6.07) is 8.87. The lowest BCUT2D eigenvalue weighted by atomic mass is 10.2. The number of hydrogen-bond donors (Lipinski definition) is 1. The van der Waals surface area contributed by atoms with Gasteiger partial charge in [-0.15, -0.1) is 18.3 Å². The minimum Gasteiger partial charge on any atom is -0.312 e. The van der Waals surface area contributed by atoms with Crippen LogP contribution in [0.25, 0.3) is 0 Å². The molecule has 0 fully saturated rings. The molecule has 0 saturated carbocycles. The van der Waals surface area contributed by atoms with Gasteiger partial charge in [-0.2, -0.15) is 0 Å². The molecule has 0 aliphatic rings. The first-order valence-electron chi connectivity index (χ1n) is 6.64. The van der Waals surface area contributed by atoms with Crippen LogP contribution in [0.5, 0.6) is 0 Å². The first-order chi connectivity index (χ1) is 8.58. The Morgan fingerprint density at radius 3 is 2.50 bits per heavy atom. The van der Waals surface area contributed by atoms with E-state index in [0.717, 1.165) is 25.3 Å². The Kier molecular flexibility index (Phi) is 7.14. The highest BCUT2D eigenvalue weighted by molar-refractivity contribution is 7.99. The standard InChI is InChI=1S/C16H25NS/c1-13(2)9-10-18-16-7-5-15(6-8-16)12-17-11-14(3)4/h5-8,14,17H,1,9-12H2,2-4H3. The lowest BCUT2D eigenvalue weighted by Gasteiger charge is -2.08. The van der Waals surface area contributed by atoms with Crippen molar-refractivity contribution in [1.82, 2.24) is 5.32 Å². The Morgan fingerprint density at radius 2 is 1.94 bits per heavy atom. The van der Waals surface area contributed by atoms with Crippen LogP contribution in [0.2, 0.25) is 0 Å². The van der Waals surface area contributed by atoms with E-state index in [2.05, 4.69) is 56.9 Å². The molecule has 1 aromatic carbocycles. The Hall–Kier alpha value is -0.730. The van der Waals surface area contributed by atoms with E-state index in [1.165, 1.54) is 16.0 Å². The van der Waals surface area contributed by atoms with Crippen LogP contribution in [-0.4, -0.2) is 12.3 Å². The number of nitrogens with one attached hydrogen (secondary N) is 1. The molecule has 1 rings (SSSR count). The molecule has 1 aromatic rings. The zero-order valence-corrected chi connectivity index (χ0v) is 12.6. The summed E-state index contributed by atoms with van der Waals surface area (Å²) in [5, 5.41) is 3.46. The van der Waals surface area contributed by atoms with Crippen molar-refractivity contribution in [2.75, 3.05) is 12.3 Å². The highest BCUT2D eigenvalue weighted by Gasteiger charge is 1.97. The van der Waals surface area contributed by atoms with Crippen molar-refractivity contribution in [2.24, 2.45) is 5.92 Å². The molecule has 0 bridgehead atoms. The van der Waals surface area contributed by atoms with Gasteiger partial charge in [0.1, 0.15) is 0 Å². The number of benzene rings is 1. The topological polar surface area (TPSA) is 12.0 Å². The van der Waals surface area contributed by atoms with Gasteiger partial charge in [-0.05, 0) is 43.5 Å². The van der Waals surface area contributed by atoms with Crippen molar-refractivity contribution in [3.05, 3.63) is 42.0 Å². The van der Waals surface area contributed by atoms with Crippen molar-refractivity contribution in [3.63, 3.8) is 0 Å². The van der Waals surface area contributed by atoms with Crippen LogP contribution in [0.3, 0.4) is 0 Å². The Bertz CT molecular complexity index is 354. The molecule has 1 nitrogen and oxygen atoms in total. The number of thioether (sulfide) groups is 1. The summed E-state index contributed by atoms with van der Waals surface area (Å²) < 4.78 is 0. The van der Waals surface area contributed by atoms with Crippen LogP contribution in [0.4, 0.5) is 0 Å². The second-order valence-corrected chi connectivity index (χ2v) is 6.39. The average Bonchev–Trinajstić information content (AvgIpc) is 2.30. The van der Waals surface area contributed by atoms with Crippen molar-refractivity contribution in [1.29, 1.82) is 0 Å². The minimum atomic E-state index is 0.710. The van der Waals surface area contributed by atoms with Crippen LogP contribution in [-0.2, 0) is 6.54 Å². The third-order valence-electron chi connectivity index (χ3n) is 2.60. The first-order valence-corrected chi connectivity index (χ1v) is 7.63. The largest absolute Gasteiger partial charge is 0.312 e. The molecule has 0 spiro atoms. The van der Waals surface area contributed by atoms with Gasteiger partial charge in [0.15, 0.2) is 0 Å². The predicted molar refractivity (Wildman–Crippen MR) is 83.1 cm³/mol. The minimum absolute atomic E-state index is 0.710. The molecule has 0 aliphatic heterocycles. The maximum Gasteiger partial charge on any atom is 0.0205 e. The molecule has 2 heteroatoms. The summed E-state index contributed by atoms with van der Waals surface area (Å²) in [5.41, 5.74) is 2.62. The van der Waals surface area contributed by atoms with Crippen LogP contribution in [0.1, 0.15) is 32.8 Å². The van der Waals surface area contributed by atoms with Gasteiger partial charge >= 0.3 is 0 Å². The van der Waals surface area contributed by atoms with Crippen LogP contribution in [0, 0.1) is 5.92 Å². The van der Waals surface area contributed by atoms with Gasteiger partial charge in [0, 0.05) is 17.2 Å². The summed E-state index contributed by atoms with van der Waals surface area (Å²) >= 11 is 1.90. The highest BCUT2D eigenvalue weighted by atomic mass is 32.2. The van der Waals surface area contributed by atoms with Crippen molar-refractivity contribution in [3.8, 4) is 0 Å². The molecular weight excluding hydrogens is 238 g/mol. The van der Waals surface area contributed by atoms with E-state index >= 15 is 0 Å². The second-order valence-electron chi connectivity index (χ2n) is 5.22. The lowest BCUT2D eigenvalue weighted by Crippen LogP contribution is -2.18. The van der Waals surface area contributed by atoms with Gasteiger partial charge in [0.25, 0.3) is 0 Å². The molecule has 1 N–H and O–H groups in total. The van der Waals surface area contributed by atoms with E-state index in [0.29, 0.717) is 5.92 Å². The van der Waals surface area contributed by atoms with Crippen molar-refractivity contribution < 1.29 is 0 Å². The van der Waals surface area contributed by atoms with Crippen LogP contribution >= 0.6 is 11.8 Å². The van der Waals surface area contributed by atoms with E-state index in [1.807, 2.05) is 11.8 Å². The normalized spacial score (nSPS) is 10.9. The zero-order chi connectivity index (χ0) is 13.4. The van der Waals surface area contributed by atoms with Gasteiger partial charge in [-0.3, -0.25) is 0 Å². The van der Waals surface area contributed by atoms with Gasteiger partial charge < -0.3 is 5.32 Å². The Balaban J connectivity index is 2.31. The van der Waals surface area contributed by atoms with Gasteiger partial charge in [0.2, 0.25) is 0 Å². The molecule has 0 aliphatic carbocycles. The smallest absolute Gasteiger partial charge is 0.0205 e. The van der Waals surface area contributed by atoms with Crippen LogP contribution in [0.15, 0.2) is 41.3 Å². The molecule has 0 heterocycles. The number of hydrogen-bond acceptors (Lipinski definition) is 2. The molecule has 100 valence electrons. The Morgan fingerprint density at radius 1 is 1.28 bits per heavy atom. The monoisotopic (exact) mass is 263 g/mol. The Labute approximate surface area is 116 Å². The van der Waals surface area contributed by atoms with E-state index in [-0.39, 0.29) is 0 Å². The second kappa shape index (κ2) is 8.39. The molecule has 0 unspecified atom stereocenters. The highest BCUT2D eigenvalue weighted by Crippen LogP contribution is 2.20. The SMILES string of the molecule is C=C(C)CCSc1ccc(CNCC(C)C)cc1. The third kappa shape index (κ3) is 6.87. The van der Waals surface area contributed by atoms with Crippen LogP contribution < -0.4 is 5.32 Å². The van der Waals surface area contributed by atoms with E-state index < -0.39 is 0 Å². The van der Waals surface area contributed by atoms with Crippen molar-refractivity contribution >= 4 is 11.8 Å².